The molecule has 0 spiro atoms. The predicted molar refractivity (Wildman–Crippen MR) is 77.2 cm³/mol. The van der Waals surface area contributed by atoms with Crippen LogP contribution in [0.2, 0.25) is 0 Å². The second-order valence-corrected chi connectivity index (χ2v) is 5.45. The van der Waals surface area contributed by atoms with Gasteiger partial charge in [0, 0.05) is 12.4 Å². The van der Waals surface area contributed by atoms with Gasteiger partial charge in [-0.05, 0) is 18.6 Å². The molecule has 0 aliphatic heterocycles. The van der Waals surface area contributed by atoms with Crippen molar-refractivity contribution in [3.05, 3.63) is 29.8 Å². The molecule has 0 amide bonds. The lowest BCUT2D eigenvalue weighted by atomic mass is 10.3. The molecule has 0 saturated heterocycles. The molecule has 2 aromatic rings. The number of hydrogen-bond donors (Lipinski definition) is 3. The molecule has 1 heterocycles. The molecule has 0 saturated carbocycles. The maximum absolute atomic E-state index is 12.9. The zero-order valence-electron chi connectivity index (χ0n) is 11.3. The molecule has 0 atom stereocenters. The van der Waals surface area contributed by atoms with Gasteiger partial charge in [0.2, 0.25) is 5.84 Å². The maximum Gasteiger partial charge on any atom is 0.449 e. The number of halogens is 3. The lowest BCUT2D eigenvalue weighted by molar-refractivity contribution is -0.0624. The summed E-state index contributed by atoms with van der Waals surface area (Å²) >= 11 is 1.09. The van der Waals surface area contributed by atoms with E-state index in [4.69, 9.17) is 15.9 Å². The molecular formula is C13H13F3N4OS. The summed E-state index contributed by atoms with van der Waals surface area (Å²) in [6.45, 7) is -0.0493. The molecule has 9 heteroatoms. The highest BCUT2D eigenvalue weighted by molar-refractivity contribution is 7.99. The molecule has 0 aliphatic carbocycles. The Hall–Kier alpha value is -1.87. The molecule has 0 radical (unpaired) electrons. The highest BCUT2D eigenvalue weighted by Gasteiger charge is 2.37. The molecule has 0 aliphatic rings. The number of aromatic nitrogens is 2. The number of rotatable bonds is 4. The number of thioether (sulfide) groups is 1. The van der Waals surface area contributed by atoms with Crippen LogP contribution in [0, 0.1) is 10.8 Å². The molecular weight excluding hydrogens is 317 g/mol. The third kappa shape index (κ3) is 3.30. The van der Waals surface area contributed by atoms with Gasteiger partial charge in [-0.2, -0.15) is 13.2 Å². The van der Waals surface area contributed by atoms with Crippen molar-refractivity contribution in [3.63, 3.8) is 0 Å². The van der Waals surface area contributed by atoms with Crippen LogP contribution in [0.25, 0.3) is 11.0 Å². The monoisotopic (exact) mass is 330 g/mol. The van der Waals surface area contributed by atoms with Gasteiger partial charge in [-0.15, -0.1) is 11.8 Å². The largest absolute Gasteiger partial charge is 0.449 e. The van der Waals surface area contributed by atoms with E-state index in [0.717, 1.165) is 11.8 Å². The Morgan fingerprint density at radius 3 is 2.64 bits per heavy atom. The van der Waals surface area contributed by atoms with Gasteiger partial charge in [0.05, 0.1) is 11.0 Å². The molecule has 0 bridgehead atoms. The van der Waals surface area contributed by atoms with Gasteiger partial charge in [-0.25, -0.2) is 4.98 Å². The number of aliphatic hydroxyl groups is 1. The summed E-state index contributed by atoms with van der Waals surface area (Å²) < 4.78 is 39.2. The van der Waals surface area contributed by atoms with Crippen molar-refractivity contribution in [1.29, 1.82) is 10.8 Å². The molecule has 2 rings (SSSR count). The van der Waals surface area contributed by atoms with E-state index in [2.05, 4.69) is 4.98 Å². The summed E-state index contributed by atoms with van der Waals surface area (Å²) in [5, 5.41) is 24.2. The van der Waals surface area contributed by atoms with Gasteiger partial charge in [-0.1, -0.05) is 12.1 Å². The number of alkyl halides is 3. The van der Waals surface area contributed by atoms with Crippen LogP contribution >= 0.6 is 11.8 Å². The molecule has 118 valence electrons. The van der Waals surface area contributed by atoms with E-state index in [9.17, 15) is 13.2 Å². The Labute approximate surface area is 127 Å². The molecule has 3 N–H and O–H groups in total. The maximum atomic E-state index is 12.9. The summed E-state index contributed by atoms with van der Waals surface area (Å²) in [5.74, 6) is -1.20. The number of nitrogens with one attached hydrogen (secondary N) is 2. The van der Waals surface area contributed by atoms with Crippen LogP contribution in [0.5, 0.6) is 0 Å². The van der Waals surface area contributed by atoms with Crippen molar-refractivity contribution >= 4 is 28.6 Å². The van der Waals surface area contributed by atoms with Crippen LogP contribution in [-0.2, 0) is 0 Å². The highest BCUT2D eigenvalue weighted by Crippen LogP contribution is 2.22. The van der Waals surface area contributed by atoms with E-state index < -0.39 is 17.5 Å². The number of hydrogen-bond acceptors (Lipinski definition) is 5. The summed E-state index contributed by atoms with van der Waals surface area (Å²) in [5.41, 5.74) is -0.149. The third-order valence-electron chi connectivity index (χ3n) is 2.80. The first-order chi connectivity index (χ1) is 10.4. The fourth-order valence-electron chi connectivity index (χ4n) is 1.82. The van der Waals surface area contributed by atoms with E-state index in [1.165, 1.54) is 18.2 Å². The second-order valence-electron chi connectivity index (χ2n) is 4.36. The zero-order chi connectivity index (χ0) is 16.3. The summed E-state index contributed by atoms with van der Waals surface area (Å²) in [4.78, 5) is 4.18. The quantitative estimate of drug-likeness (QED) is 0.348. The third-order valence-corrected chi connectivity index (χ3v) is 3.86. The van der Waals surface area contributed by atoms with Gasteiger partial charge in [0.25, 0.3) is 0 Å². The van der Waals surface area contributed by atoms with Crippen molar-refractivity contribution in [2.24, 2.45) is 0 Å². The van der Waals surface area contributed by atoms with Gasteiger partial charge in [0.15, 0.2) is 5.49 Å². The minimum Gasteiger partial charge on any atom is -0.396 e. The van der Waals surface area contributed by atoms with Crippen LogP contribution < -0.4 is 5.49 Å². The Kier molecular flexibility index (Phi) is 4.87. The Balaban J connectivity index is 2.63. The van der Waals surface area contributed by atoms with Crippen LogP contribution in [-0.4, -0.2) is 39.0 Å². The van der Waals surface area contributed by atoms with Crippen molar-refractivity contribution in [2.75, 3.05) is 12.4 Å². The van der Waals surface area contributed by atoms with Gasteiger partial charge >= 0.3 is 6.18 Å². The summed E-state index contributed by atoms with van der Waals surface area (Å²) in [6.07, 6.45) is -4.42. The number of nitrogens with zero attached hydrogens (tertiary/aromatic N) is 2. The zero-order valence-corrected chi connectivity index (χ0v) is 12.1. The first-order valence-corrected chi connectivity index (χ1v) is 7.31. The van der Waals surface area contributed by atoms with Crippen molar-refractivity contribution in [3.8, 4) is 0 Å². The van der Waals surface area contributed by atoms with E-state index in [1.54, 1.807) is 6.07 Å². The Morgan fingerprint density at radius 2 is 2.00 bits per heavy atom. The second kappa shape index (κ2) is 6.49. The van der Waals surface area contributed by atoms with E-state index >= 15 is 0 Å². The Morgan fingerprint density at radius 1 is 1.32 bits per heavy atom. The van der Waals surface area contributed by atoms with Crippen LogP contribution in [0.3, 0.4) is 0 Å². The van der Waals surface area contributed by atoms with Gasteiger partial charge < -0.3 is 5.11 Å². The standard InChI is InChI=1S/C13H13F3N4OS/c14-13(15,16)12(18)20-9-5-2-1-4-8(9)19-11(10(20)17)22-7-3-6-21/h1-2,4-5,17-18,21H,3,6-7H2. The Bertz CT molecular complexity index is 757. The smallest absolute Gasteiger partial charge is 0.396 e. The number of benzene rings is 1. The number of para-hydroxylation sites is 2. The number of fused-ring (bicyclic) bond motifs is 1. The number of aliphatic hydroxyl groups excluding tert-OH is 1. The summed E-state index contributed by atoms with van der Waals surface area (Å²) in [7, 11) is 0. The highest BCUT2D eigenvalue weighted by atomic mass is 32.2. The predicted octanol–water partition coefficient (Wildman–Crippen LogP) is 2.38. The molecule has 0 unspecified atom stereocenters. The minimum absolute atomic E-state index is 0.0493. The van der Waals surface area contributed by atoms with Crippen LogP contribution in [0.1, 0.15) is 6.42 Å². The first-order valence-electron chi connectivity index (χ1n) is 6.32. The van der Waals surface area contributed by atoms with Crippen LogP contribution in [0.15, 0.2) is 29.3 Å². The molecule has 1 aromatic heterocycles. The molecule has 0 fully saturated rings. The summed E-state index contributed by atoms with van der Waals surface area (Å²) in [6, 6.07) is 6.08. The van der Waals surface area contributed by atoms with Gasteiger partial charge in [-0.3, -0.25) is 15.4 Å². The normalized spacial score (nSPS) is 11.8. The SMILES string of the molecule is N=C(n1c(=N)c(SCCCO)nc2ccccc21)C(F)(F)F. The first kappa shape index (κ1) is 16.5. The van der Waals surface area contributed by atoms with Crippen LogP contribution in [0.4, 0.5) is 13.2 Å². The molecule has 22 heavy (non-hydrogen) atoms. The minimum atomic E-state index is -4.86. The van der Waals surface area contributed by atoms with Crippen molar-refractivity contribution in [2.45, 2.75) is 17.6 Å². The topological polar surface area (TPSA) is 85.8 Å². The van der Waals surface area contributed by atoms with Crippen molar-refractivity contribution in [1.82, 2.24) is 9.55 Å². The molecule has 5 nitrogen and oxygen atoms in total. The van der Waals surface area contributed by atoms with Gasteiger partial charge in [0.1, 0.15) is 5.03 Å². The fourth-order valence-corrected chi connectivity index (χ4v) is 2.68. The van der Waals surface area contributed by atoms with E-state index in [1.807, 2.05) is 0 Å². The fraction of sp³-hybridized carbons (Fsp3) is 0.308. The average Bonchev–Trinajstić information content (AvgIpc) is 2.46. The van der Waals surface area contributed by atoms with E-state index in [-0.39, 0.29) is 22.7 Å². The van der Waals surface area contributed by atoms with E-state index in [0.29, 0.717) is 16.7 Å². The molecule has 1 aromatic carbocycles. The lowest BCUT2D eigenvalue weighted by Crippen LogP contribution is -2.38. The lowest BCUT2D eigenvalue weighted by Gasteiger charge is -2.16. The average molecular weight is 330 g/mol. The van der Waals surface area contributed by atoms with Crippen molar-refractivity contribution < 1.29 is 18.3 Å².